The Bertz CT molecular complexity index is 462. The van der Waals surface area contributed by atoms with Crippen LogP contribution < -0.4 is 5.32 Å². The molecule has 108 valence electrons. The van der Waals surface area contributed by atoms with Crippen LogP contribution in [0.5, 0.6) is 0 Å². The van der Waals surface area contributed by atoms with Gasteiger partial charge in [-0.05, 0) is 56.8 Å². The van der Waals surface area contributed by atoms with Gasteiger partial charge >= 0.3 is 0 Å². The Balaban J connectivity index is 1.73. The summed E-state index contributed by atoms with van der Waals surface area (Å²) in [4.78, 5) is 19.0. The quantitative estimate of drug-likeness (QED) is 0.898. The van der Waals surface area contributed by atoms with Crippen molar-refractivity contribution in [1.82, 2.24) is 15.2 Å². The van der Waals surface area contributed by atoms with Crippen molar-refractivity contribution < 1.29 is 4.79 Å². The van der Waals surface area contributed by atoms with Crippen LogP contribution in [0.2, 0.25) is 0 Å². The minimum atomic E-state index is 0.202. The summed E-state index contributed by atoms with van der Waals surface area (Å²) in [5, 5.41) is 3.42. The third kappa shape index (κ3) is 2.70. The minimum Gasteiger partial charge on any atom is -0.335 e. The van der Waals surface area contributed by atoms with Gasteiger partial charge in [-0.15, -0.1) is 0 Å². The molecule has 3 atom stereocenters. The van der Waals surface area contributed by atoms with Gasteiger partial charge in [0.1, 0.15) is 0 Å². The lowest BCUT2D eigenvalue weighted by atomic mass is 9.91. The number of carbonyl (C=O) groups excluding carboxylic acids is 1. The normalized spacial score (nSPS) is 30.4. The lowest BCUT2D eigenvalue weighted by Crippen LogP contribution is -2.44. The fourth-order valence-electron chi connectivity index (χ4n) is 3.55. The lowest BCUT2D eigenvalue weighted by molar-refractivity contribution is -0.137. The third-order valence-corrected chi connectivity index (χ3v) is 4.60. The lowest BCUT2D eigenvalue weighted by Gasteiger charge is -2.33. The second-order valence-electron chi connectivity index (χ2n) is 6.05. The number of nitrogens with one attached hydrogen (secondary N) is 1. The highest BCUT2D eigenvalue weighted by Gasteiger charge is 2.35. The Morgan fingerprint density at radius 2 is 2.15 bits per heavy atom. The van der Waals surface area contributed by atoms with Crippen LogP contribution >= 0.6 is 0 Å². The Morgan fingerprint density at radius 1 is 1.35 bits per heavy atom. The molecule has 3 rings (SSSR count). The summed E-state index contributed by atoms with van der Waals surface area (Å²) >= 11 is 0. The molecule has 2 saturated heterocycles. The number of likely N-dealkylation sites (tertiary alicyclic amines) is 1. The standard InChI is InChI=1S/C16H23N3O/c1-12-11-14(6-9-18-12)16(20)19-10-2-3-15(19)13-4-7-17-8-5-13/h4-5,7-8,12,14-15,18H,2-3,6,9-11H2,1H3/t12-,14-,15?/m0/s1. The smallest absolute Gasteiger partial charge is 0.226 e. The molecule has 0 spiro atoms. The molecule has 1 unspecified atom stereocenters. The number of nitrogens with zero attached hydrogens (tertiary/aromatic N) is 2. The van der Waals surface area contributed by atoms with Crippen molar-refractivity contribution >= 4 is 5.91 Å². The summed E-state index contributed by atoms with van der Waals surface area (Å²) in [5.74, 6) is 0.561. The zero-order valence-electron chi connectivity index (χ0n) is 12.1. The van der Waals surface area contributed by atoms with Crippen LogP contribution in [0.1, 0.15) is 44.2 Å². The van der Waals surface area contributed by atoms with Crippen LogP contribution in [-0.2, 0) is 4.79 Å². The Hall–Kier alpha value is -1.42. The van der Waals surface area contributed by atoms with Crippen molar-refractivity contribution in [2.24, 2.45) is 5.92 Å². The van der Waals surface area contributed by atoms with Crippen molar-refractivity contribution in [2.75, 3.05) is 13.1 Å². The predicted octanol–water partition coefficient (Wildman–Crippen LogP) is 2.13. The van der Waals surface area contributed by atoms with Crippen LogP contribution in [0.3, 0.4) is 0 Å². The van der Waals surface area contributed by atoms with Gasteiger partial charge in [0.25, 0.3) is 0 Å². The van der Waals surface area contributed by atoms with Gasteiger partial charge in [-0.3, -0.25) is 9.78 Å². The van der Waals surface area contributed by atoms with Gasteiger partial charge in [0.05, 0.1) is 6.04 Å². The van der Waals surface area contributed by atoms with Crippen LogP contribution in [0, 0.1) is 5.92 Å². The summed E-state index contributed by atoms with van der Waals surface area (Å²) in [6.45, 7) is 4.04. The number of pyridine rings is 1. The number of amides is 1. The van der Waals surface area contributed by atoms with Crippen LogP contribution in [0.4, 0.5) is 0 Å². The van der Waals surface area contributed by atoms with Gasteiger partial charge in [0.15, 0.2) is 0 Å². The molecule has 0 radical (unpaired) electrons. The predicted molar refractivity (Wildman–Crippen MR) is 78.1 cm³/mol. The van der Waals surface area contributed by atoms with E-state index in [0.717, 1.165) is 38.8 Å². The summed E-state index contributed by atoms with van der Waals surface area (Å²) in [7, 11) is 0. The Labute approximate surface area is 120 Å². The van der Waals surface area contributed by atoms with E-state index in [1.165, 1.54) is 5.56 Å². The maximum atomic E-state index is 12.8. The van der Waals surface area contributed by atoms with E-state index in [0.29, 0.717) is 11.9 Å². The molecule has 1 aromatic heterocycles. The number of piperidine rings is 1. The van der Waals surface area contributed by atoms with Gasteiger partial charge in [-0.25, -0.2) is 0 Å². The molecule has 2 fully saturated rings. The average molecular weight is 273 g/mol. The molecule has 2 aliphatic rings. The number of aromatic nitrogens is 1. The molecule has 0 bridgehead atoms. The van der Waals surface area contributed by atoms with Crippen molar-refractivity contribution in [3.63, 3.8) is 0 Å². The first-order valence-corrected chi connectivity index (χ1v) is 7.69. The molecular weight excluding hydrogens is 250 g/mol. The number of hydrogen-bond acceptors (Lipinski definition) is 3. The average Bonchev–Trinajstić information content (AvgIpc) is 2.97. The summed E-state index contributed by atoms with van der Waals surface area (Å²) in [5.41, 5.74) is 1.23. The van der Waals surface area contributed by atoms with Gasteiger partial charge in [-0.2, -0.15) is 0 Å². The van der Waals surface area contributed by atoms with E-state index in [1.54, 1.807) is 0 Å². The molecule has 20 heavy (non-hydrogen) atoms. The van der Waals surface area contributed by atoms with Crippen LogP contribution in [-0.4, -0.2) is 34.9 Å². The number of hydrogen-bond donors (Lipinski definition) is 1. The van der Waals surface area contributed by atoms with Crippen LogP contribution in [0.15, 0.2) is 24.5 Å². The highest BCUT2D eigenvalue weighted by Crippen LogP contribution is 2.34. The van der Waals surface area contributed by atoms with Gasteiger partial charge < -0.3 is 10.2 Å². The summed E-state index contributed by atoms with van der Waals surface area (Å²) < 4.78 is 0. The first-order chi connectivity index (χ1) is 9.75. The van der Waals surface area contributed by atoms with Gasteiger partial charge in [-0.1, -0.05) is 0 Å². The molecule has 1 amide bonds. The van der Waals surface area contributed by atoms with E-state index in [2.05, 4.69) is 22.1 Å². The van der Waals surface area contributed by atoms with E-state index in [9.17, 15) is 4.79 Å². The fourth-order valence-corrected chi connectivity index (χ4v) is 3.55. The number of rotatable bonds is 2. The highest BCUT2D eigenvalue weighted by molar-refractivity contribution is 5.79. The molecule has 1 aromatic rings. The number of carbonyl (C=O) groups is 1. The SMILES string of the molecule is C[C@H]1C[C@@H](C(=O)N2CCCC2c2ccncc2)CCN1. The molecular formula is C16H23N3O. The van der Waals surface area contributed by atoms with E-state index >= 15 is 0 Å². The van der Waals surface area contributed by atoms with E-state index in [4.69, 9.17) is 0 Å². The maximum absolute atomic E-state index is 12.8. The Morgan fingerprint density at radius 3 is 2.90 bits per heavy atom. The first-order valence-electron chi connectivity index (χ1n) is 7.69. The van der Waals surface area contributed by atoms with Crippen molar-refractivity contribution in [3.05, 3.63) is 30.1 Å². The molecule has 3 heterocycles. The van der Waals surface area contributed by atoms with E-state index in [1.807, 2.05) is 24.5 Å². The van der Waals surface area contributed by atoms with Gasteiger partial charge in [0, 0.05) is 30.9 Å². The maximum Gasteiger partial charge on any atom is 0.226 e. The highest BCUT2D eigenvalue weighted by atomic mass is 16.2. The monoisotopic (exact) mass is 273 g/mol. The minimum absolute atomic E-state index is 0.202. The van der Waals surface area contributed by atoms with Crippen LogP contribution in [0.25, 0.3) is 0 Å². The largest absolute Gasteiger partial charge is 0.335 e. The third-order valence-electron chi connectivity index (χ3n) is 4.60. The van der Waals surface area contributed by atoms with Crippen molar-refractivity contribution in [1.29, 1.82) is 0 Å². The van der Waals surface area contributed by atoms with Gasteiger partial charge in [0.2, 0.25) is 5.91 Å². The second kappa shape index (κ2) is 5.92. The zero-order valence-corrected chi connectivity index (χ0v) is 12.1. The van der Waals surface area contributed by atoms with E-state index < -0.39 is 0 Å². The van der Waals surface area contributed by atoms with Crippen molar-refractivity contribution in [2.45, 2.75) is 44.7 Å². The summed E-state index contributed by atoms with van der Waals surface area (Å²) in [6.07, 6.45) is 7.78. The molecule has 2 aliphatic heterocycles. The second-order valence-corrected chi connectivity index (χ2v) is 6.05. The van der Waals surface area contributed by atoms with E-state index in [-0.39, 0.29) is 12.0 Å². The summed E-state index contributed by atoms with van der Waals surface area (Å²) in [6, 6.07) is 4.80. The molecule has 4 nitrogen and oxygen atoms in total. The Kier molecular flexibility index (Phi) is 4.01. The zero-order chi connectivity index (χ0) is 13.9. The molecule has 0 saturated carbocycles. The topological polar surface area (TPSA) is 45.2 Å². The molecule has 0 aromatic carbocycles. The molecule has 1 N–H and O–H groups in total. The molecule has 4 heteroatoms. The fraction of sp³-hybridized carbons (Fsp3) is 0.625. The first kappa shape index (κ1) is 13.6. The molecule has 0 aliphatic carbocycles. The van der Waals surface area contributed by atoms with Crippen molar-refractivity contribution in [3.8, 4) is 0 Å².